The quantitative estimate of drug-likeness (QED) is 0.720. The van der Waals surface area contributed by atoms with E-state index in [1.165, 1.54) is 11.3 Å². The minimum atomic E-state index is -1.13. The maximum absolute atomic E-state index is 12.2. The van der Waals surface area contributed by atoms with Crippen LogP contribution in [0.4, 0.5) is 0 Å². The van der Waals surface area contributed by atoms with Crippen LogP contribution in [0.25, 0.3) is 10.6 Å². The number of amides is 1. The Morgan fingerprint density at radius 3 is 2.57 bits per heavy atom. The van der Waals surface area contributed by atoms with Crippen molar-refractivity contribution < 1.29 is 14.3 Å². The first-order valence-electron chi connectivity index (χ1n) is 6.68. The van der Waals surface area contributed by atoms with Gasteiger partial charge in [0.15, 0.2) is 5.69 Å². The topological polar surface area (TPSA) is 82.3 Å². The summed E-state index contributed by atoms with van der Waals surface area (Å²) in [4.78, 5) is 28.1. The van der Waals surface area contributed by atoms with Crippen molar-refractivity contribution >= 4 is 34.6 Å². The van der Waals surface area contributed by atoms with Crippen LogP contribution in [0.1, 0.15) is 22.2 Å². The van der Waals surface area contributed by atoms with E-state index in [1.807, 2.05) is 16.8 Å². The van der Waals surface area contributed by atoms with Crippen LogP contribution in [0.3, 0.4) is 0 Å². The summed E-state index contributed by atoms with van der Waals surface area (Å²) in [7, 11) is 0. The molecule has 1 unspecified atom stereocenters. The summed E-state index contributed by atoms with van der Waals surface area (Å²) in [6.07, 6.45) is -1.13. The predicted molar refractivity (Wildman–Crippen MR) is 89.2 cm³/mol. The molecule has 0 spiro atoms. The van der Waals surface area contributed by atoms with Crippen molar-refractivity contribution in [3.63, 3.8) is 0 Å². The van der Waals surface area contributed by atoms with E-state index < -0.39 is 18.0 Å². The van der Waals surface area contributed by atoms with Crippen LogP contribution in [0.2, 0.25) is 0 Å². The number of thiazole rings is 1. The molecule has 7 heteroatoms. The number of esters is 1. The zero-order chi connectivity index (χ0) is 16.2. The van der Waals surface area contributed by atoms with Crippen molar-refractivity contribution in [1.29, 1.82) is 0 Å². The van der Waals surface area contributed by atoms with Crippen LogP contribution in [0.5, 0.6) is 0 Å². The Bertz CT molecular complexity index is 813. The number of primary amides is 1. The first-order valence-corrected chi connectivity index (χ1v) is 8.51. The second kappa shape index (κ2) is 6.72. The molecule has 23 heavy (non-hydrogen) atoms. The monoisotopic (exact) mass is 344 g/mol. The van der Waals surface area contributed by atoms with Crippen molar-refractivity contribution in [2.75, 3.05) is 0 Å². The molecule has 5 nitrogen and oxygen atoms in total. The lowest BCUT2D eigenvalue weighted by molar-refractivity contribution is -0.127. The van der Waals surface area contributed by atoms with E-state index in [0.29, 0.717) is 5.56 Å². The molecule has 1 aromatic carbocycles. The minimum absolute atomic E-state index is 0.165. The molecule has 2 N–H and O–H groups in total. The number of thiophene rings is 1. The van der Waals surface area contributed by atoms with Crippen molar-refractivity contribution in [3.8, 4) is 10.6 Å². The fraction of sp³-hybridized carbons (Fsp3) is 0.0625. The SMILES string of the molecule is NC(=O)C(OC(=O)c1csc(-c2ccsc2)n1)c1ccccc1. The van der Waals surface area contributed by atoms with Gasteiger partial charge >= 0.3 is 5.97 Å². The Labute approximate surface area is 140 Å². The molecule has 3 aromatic rings. The fourth-order valence-electron chi connectivity index (χ4n) is 1.97. The molecule has 116 valence electrons. The van der Waals surface area contributed by atoms with Gasteiger partial charge in [0.25, 0.3) is 5.91 Å². The number of hydrogen-bond donors (Lipinski definition) is 1. The molecule has 0 radical (unpaired) electrons. The number of aromatic nitrogens is 1. The predicted octanol–water partition coefficient (Wildman–Crippen LogP) is 3.26. The van der Waals surface area contributed by atoms with E-state index in [-0.39, 0.29) is 5.69 Å². The van der Waals surface area contributed by atoms with E-state index in [2.05, 4.69) is 4.98 Å². The summed E-state index contributed by atoms with van der Waals surface area (Å²) >= 11 is 2.90. The molecule has 1 atom stereocenters. The van der Waals surface area contributed by atoms with Crippen molar-refractivity contribution in [1.82, 2.24) is 4.98 Å². The largest absolute Gasteiger partial charge is 0.443 e. The highest BCUT2D eigenvalue weighted by Gasteiger charge is 2.24. The molecule has 0 fully saturated rings. The Hall–Kier alpha value is -2.51. The lowest BCUT2D eigenvalue weighted by atomic mass is 10.1. The number of rotatable bonds is 5. The van der Waals surface area contributed by atoms with Crippen LogP contribution in [0.15, 0.2) is 52.5 Å². The maximum atomic E-state index is 12.2. The standard InChI is InChI=1S/C16H12N2O3S2/c17-14(19)13(10-4-2-1-3-5-10)21-16(20)12-9-23-15(18-12)11-6-7-22-8-11/h1-9,13H,(H2,17,19). The number of nitrogens with zero attached hydrogens (tertiary/aromatic N) is 1. The van der Waals surface area contributed by atoms with Gasteiger partial charge < -0.3 is 10.5 Å². The third kappa shape index (κ3) is 3.46. The summed E-state index contributed by atoms with van der Waals surface area (Å²) in [5.41, 5.74) is 6.99. The first-order chi connectivity index (χ1) is 11.1. The van der Waals surface area contributed by atoms with Gasteiger partial charge in [-0.15, -0.1) is 11.3 Å². The van der Waals surface area contributed by atoms with Gasteiger partial charge in [-0.05, 0) is 11.4 Å². The van der Waals surface area contributed by atoms with E-state index in [9.17, 15) is 9.59 Å². The molecule has 0 saturated carbocycles. The van der Waals surface area contributed by atoms with Crippen LogP contribution < -0.4 is 5.73 Å². The average Bonchev–Trinajstić information content (AvgIpc) is 3.23. The number of benzene rings is 1. The highest BCUT2D eigenvalue weighted by atomic mass is 32.1. The fourth-order valence-corrected chi connectivity index (χ4v) is 3.47. The van der Waals surface area contributed by atoms with Gasteiger partial charge in [0.05, 0.1) is 0 Å². The van der Waals surface area contributed by atoms with Gasteiger partial charge in [-0.3, -0.25) is 4.79 Å². The maximum Gasteiger partial charge on any atom is 0.358 e. The van der Waals surface area contributed by atoms with Gasteiger partial charge in [0, 0.05) is 21.9 Å². The summed E-state index contributed by atoms with van der Waals surface area (Å²) in [5.74, 6) is -1.40. The van der Waals surface area contributed by atoms with Crippen LogP contribution in [-0.2, 0) is 9.53 Å². The summed E-state index contributed by atoms with van der Waals surface area (Å²) in [5, 5.41) is 6.23. The van der Waals surface area contributed by atoms with Gasteiger partial charge in [-0.2, -0.15) is 11.3 Å². The van der Waals surface area contributed by atoms with E-state index in [1.54, 1.807) is 47.0 Å². The van der Waals surface area contributed by atoms with E-state index in [4.69, 9.17) is 10.5 Å². The van der Waals surface area contributed by atoms with E-state index >= 15 is 0 Å². The van der Waals surface area contributed by atoms with Crippen molar-refractivity contribution in [2.45, 2.75) is 6.10 Å². The average molecular weight is 344 g/mol. The second-order valence-corrected chi connectivity index (χ2v) is 6.29. The lowest BCUT2D eigenvalue weighted by Crippen LogP contribution is -2.26. The molecule has 2 aromatic heterocycles. The molecule has 1 amide bonds. The number of hydrogen-bond acceptors (Lipinski definition) is 6. The number of nitrogens with two attached hydrogens (primary N) is 1. The third-order valence-corrected chi connectivity index (χ3v) is 4.64. The molecule has 0 aliphatic heterocycles. The second-order valence-electron chi connectivity index (χ2n) is 4.65. The normalized spacial score (nSPS) is 11.8. The highest BCUT2D eigenvalue weighted by molar-refractivity contribution is 7.14. The summed E-state index contributed by atoms with van der Waals surface area (Å²) in [6, 6.07) is 10.6. The molecule has 0 saturated heterocycles. The molecule has 0 bridgehead atoms. The zero-order valence-electron chi connectivity index (χ0n) is 11.8. The Morgan fingerprint density at radius 2 is 1.91 bits per heavy atom. The molecular formula is C16H12N2O3S2. The minimum Gasteiger partial charge on any atom is -0.443 e. The Morgan fingerprint density at radius 1 is 1.13 bits per heavy atom. The lowest BCUT2D eigenvalue weighted by Gasteiger charge is -2.14. The van der Waals surface area contributed by atoms with E-state index in [0.717, 1.165) is 10.6 Å². The smallest absolute Gasteiger partial charge is 0.358 e. The Kier molecular flexibility index (Phi) is 4.50. The van der Waals surface area contributed by atoms with Gasteiger partial charge in [-0.25, -0.2) is 9.78 Å². The molecule has 3 rings (SSSR count). The molecular weight excluding hydrogens is 332 g/mol. The number of ether oxygens (including phenoxy) is 1. The first kappa shape index (κ1) is 15.4. The Balaban J connectivity index is 1.79. The summed E-state index contributed by atoms with van der Waals surface area (Å²) in [6.45, 7) is 0. The number of carbonyl (C=O) groups is 2. The van der Waals surface area contributed by atoms with Gasteiger partial charge in [-0.1, -0.05) is 30.3 Å². The van der Waals surface area contributed by atoms with Gasteiger partial charge in [0.1, 0.15) is 5.01 Å². The number of carbonyl (C=O) groups excluding carboxylic acids is 2. The summed E-state index contributed by atoms with van der Waals surface area (Å²) < 4.78 is 5.25. The van der Waals surface area contributed by atoms with Crippen LogP contribution in [-0.4, -0.2) is 16.9 Å². The van der Waals surface area contributed by atoms with Crippen molar-refractivity contribution in [3.05, 3.63) is 63.8 Å². The highest BCUT2D eigenvalue weighted by Crippen LogP contribution is 2.27. The third-order valence-electron chi connectivity index (χ3n) is 3.07. The molecule has 2 heterocycles. The van der Waals surface area contributed by atoms with Crippen LogP contribution in [0, 0.1) is 0 Å². The molecule has 0 aliphatic carbocycles. The van der Waals surface area contributed by atoms with Crippen molar-refractivity contribution in [2.24, 2.45) is 5.73 Å². The van der Waals surface area contributed by atoms with Crippen LogP contribution >= 0.6 is 22.7 Å². The van der Waals surface area contributed by atoms with Gasteiger partial charge in [0.2, 0.25) is 6.10 Å². The zero-order valence-corrected chi connectivity index (χ0v) is 13.5. The molecule has 0 aliphatic rings.